The van der Waals surface area contributed by atoms with E-state index in [2.05, 4.69) is 4.98 Å². The summed E-state index contributed by atoms with van der Waals surface area (Å²) < 4.78 is 11.0. The number of amides is 1. The third-order valence-corrected chi connectivity index (χ3v) is 2.92. The summed E-state index contributed by atoms with van der Waals surface area (Å²) in [5.74, 6) is 0.617. The van der Waals surface area contributed by atoms with Gasteiger partial charge in [-0.3, -0.25) is 0 Å². The standard InChI is InChI=1S/C15H23ClN2O3/c1-6-18(14(19)21-15(3,4)5)11(2)10-20-12-7-8-13(16)17-9-12/h7-9,11H,6,10H2,1-5H3. The zero-order chi connectivity index (χ0) is 16.0. The maximum Gasteiger partial charge on any atom is 0.410 e. The predicted octanol–water partition coefficient (Wildman–Crippen LogP) is 3.76. The number of likely N-dealkylation sites (N-methyl/N-ethyl adjacent to an activating group) is 1. The fraction of sp³-hybridized carbons (Fsp3) is 0.600. The first-order chi connectivity index (χ1) is 9.73. The summed E-state index contributed by atoms with van der Waals surface area (Å²) in [4.78, 5) is 17.7. The molecule has 0 aliphatic heterocycles. The SMILES string of the molecule is CCN(C(=O)OC(C)(C)C)C(C)COc1ccc(Cl)nc1. The van der Waals surface area contributed by atoms with Gasteiger partial charge in [-0.05, 0) is 46.8 Å². The fourth-order valence-electron chi connectivity index (χ4n) is 1.70. The van der Waals surface area contributed by atoms with E-state index in [1.54, 1.807) is 23.2 Å². The minimum Gasteiger partial charge on any atom is -0.490 e. The van der Waals surface area contributed by atoms with Crippen molar-refractivity contribution in [2.75, 3.05) is 13.2 Å². The van der Waals surface area contributed by atoms with Gasteiger partial charge in [0, 0.05) is 6.54 Å². The van der Waals surface area contributed by atoms with E-state index in [1.807, 2.05) is 34.6 Å². The van der Waals surface area contributed by atoms with Gasteiger partial charge in [0.25, 0.3) is 0 Å². The van der Waals surface area contributed by atoms with Gasteiger partial charge in [-0.1, -0.05) is 11.6 Å². The van der Waals surface area contributed by atoms with Crippen molar-refractivity contribution in [2.24, 2.45) is 0 Å². The van der Waals surface area contributed by atoms with Gasteiger partial charge in [0.05, 0.1) is 12.2 Å². The number of aromatic nitrogens is 1. The first-order valence-electron chi connectivity index (χ1n) is 6.97. The van der Waals surface area contributed by atoms with Crippen LogP contribution in [-0.4, -0.2) is 40.8 Å². The van der Waals surface area contributed by atoms with Gasteiger partial charge in [0.2, 0.25) is 0 Å². The van der Waals surface area contributed by atoms with E-state index < -0.39 is 5.60 Å². The molecule has 5 nitrogen and oxygen atoms in total. The molecule has 0 radical (unpaired) electrons. The molecule has 21 heavy (non-hydrogen) atoms. The molecule has 6 heteroatoms. The monoisotopic (exact) mass is 314 g/mol. The molecule has 0 saturated carbocycles. The van der Waals surface area contributed by atoms with Crippen molar-refractivity contribution in [1.82, 2.24) is 9.88 Å². The normalized spacial score (nSPS) is 12.7. The number of carbonyl (C=O) groups excluding carboxylic acids is 1. The summed E-state index contributed by atoms with van der Waals surface area (Å²) >= 11 is 5.71. The highest BCUT2D eigenvalue weighted by molar-refractivity contribution is 6.29. The summed E-state index contributed by atoms with van der Waals surface area (Å²) in [6.45, 7) is 10.3. The van der Waals surface area contributed by atoms with Crippen LogP contribution in [0.5, 0.6) is 5.75 Å². The van der Waals surface area contributed by atoms with E-state index in [1.165, 1.54) is 0 Å². The second kappa shape index (κ2) is 7.50. The smallest absolute Gasteiger partial charge is 0.410 e. The molecule has 1 rings (SSSR count). The molecule has 0 spiro atoms. The quantitative estimate of drug-likeness (QED) is 0.776. The molecule has 0 aliphatic rings. The maximum atomic E-state index is 12.1. The van der Waals surface area contributed by atoms with Crippen LogP contribution in [0.25, 0.3) is 0 Å². The van der Waals surface area contributed by atoms with Crippen molar-refractivity contribution >= 4 is 17.7 Å². The Morgan fingerprint density at radius 3 is 2.57 bits per heavy atom. The highest BCUT2D eigenvalue weighted by Gasteiger charge is 2.25. The molecule has 1 aromatic rings. The minimum atomic E-state index is -0.509. The zero-order valence-electron chi connectivity index (χ0n) is 13.2. The molecule has 1 atom stereocenters. The molecule has 1 heterocycles. The number of hydrogen-bond acceptors (Lipinski definition) is 4. The molecule has 0 bridgehead atoms. The van der Waals surface area contributed by atoms with Crippen LogP contribution in [0.3, 0.4) is 0 Å². The fourth-order valence-corrected chi connectivity index (χ4v) is 1.81. The van der Waals surface area contributed by atoms with Gasteiger partial charge in [0.15, 0.2) is 0 Å². The Hall–Kier alpha value is -1.49. The van der Waals surface area contributed by atoms with Gasteiger partial charge in [-0.2, -0.15) is 0 Å². The molecule has 0 aliphatic carbocycles. The number of pyridine rings is 1. The average molecular weight is 315 g/mol. The van der Waals surface area contributed by atoms with Crippen LogP contribution in [0.15, 0.2) is 18.3 Å². The Labute approximate surface area is 131 Å². The zero-order valence-corrected chi connectivity index (χ0v) is 14.0. The van der Waals surface area contributed by atoms with Crippen molar-refractivity contribution in [3.05, 3.63) is 23.5 Å². The number of nitrogens with zero attached hydrogens (tertiary/aromatic N) is 2. The topological polar surface area (TPSA) is 51.7 Å². The molecule has 0 fully saturated rings. The van der Waals surface area contributed by atoms with Crippen molar-refractivity contribution in [3.8, 4) is 5.75 Å². The van der Waals surface area contributed by atoms with Crippen LogP contribution in [-0.2, 0) is 4.74 Å². The van der Waals surface area contributed by atoms with Gasteiger partial charge >= 0.3 is 6.09 Å². The van der Waals surface area contributed by atoms with E-state index >= 15 is 0 Å². The summed E-state index contributed by atoms with van der Waals surface area (Å²) in [5, 5.41) is 0.416. The van der Waals surface area contributed by atoms with Gasteiger partial charge in [0.1, 0.15) is 23.1 Å². The lowest BCUT2D eigenvalue weighted by Crippen LogP contribution is -2.44. The van der Waals surface area contributed by atoms with Crippen LogP contribution in [0.1, 0.15) is 34.6 Å². The Morgan fingerprint density at radius 2 is 2.10 bits per heavy atom. The lowest BCUT2D eigenvalue weighted by atomic mass is 10.2. The number of hydrogen-bond donors (Lipinski definition) is 0. The van der Waals surface area contributed by atoms with Crippen molar-refractivity contribution in [3.63, 3.8) is 0 Å². The molecule has 0 N–H and O–H groups in total. The highest BCUT2D eigenvalue weighted by atomic mass is 35.5. The van der Waals surface area contributed by atoms with Gasteiger partial charge in [-0.25, -0.2) is 9.78 Å². The van der Waals surface area contributed by atoms with Crippen molar-refractivity contribution in [2.45, 2.75) is 46.3 Å². The van der Waals surface area contributed by atoms with Crippen LogP contribution in [0.4, 0.5) is 4.79 Å². The van der Waals surface area contributed by atoms with Gasteiger partial charge in [-0.15, -0.1) is 0 Å². The molecular weight excluding hydrogens is 292 g/mol. The Kier molecular flexibility index (Phi) is 6.27. The predicted molar refractivity (Wildman–Crippen MR) is 82.8 cm³/mol. The van der Waals surface area contributed by atoms with E-state index in [0.29, 0.717) is 24.1 Å². The van der Waals surface area contributed by atoms with E-state index in [9.17, 15) is 4.79 Å². The molecule has 1 aromatic heterocycles. The summed E-state index contributed by atoms with van der Waals surface area (Å²) in [5.41, 5.74) is -0.509. The second-order valence-corrected chi connectivity index (χ2v) is 6.13. The summed E-state index contributed by atoms with van der Waals surface area (Å²) in [6.07, 6.45) is 1.22. The third kappa shape index (κ3) is 6.21. The largest absolute Gasteiger partial charge is 0.490 e. The van der Waals surface area contributed by atoms with E-state index in [0.717, 1.165) is 0 Å². The molecule has 0 saturated heterocycles. The molecule has 0 aromatic carbocycles. The van der Waals surface area contributed by atoms with Crippen LogP contribution in [0, 0.1) is 0 Å². The lowest BCUT2D eigenvalue weighted by Gasteiger charge is -2.30. The number of rotatable bonds is 5. The molecule has 1 unspecified atom stereocenters. The first kappa shape index (κ1) is 17.6. The van der Waals surface area contributed by atoms with Crippen LogP contribution >= 0.6 is 11.6 Å². The van der Waals surface area contributed by atoms with Crippen LogP contribution < -0.4 is 4.74 Å². The van der Waals surface area contributed by atoms with E-state index in [4.69, 9.17) is 21.1 Å². The Morgan fingerprint density at radius 1 is 1.43 bits per heavy atom. The number of ether oxygens (including phenoxy) is 2. The third-order valence-electron chi connectivity index (χ3n) is 2.69. The summed E-state index contributed by atoms with van der Waals surface area (Å²) in [6, 6.07) is 3.29. The van der Waals surface area contributed by atoms with Crippen molar-refractivity contribution in [1.29, 1.82) is 0 Å². The lowest BCUT2D eigenvalue weighted by molar-refractivity contribution is 0.0143. The van der Waals surface area contributed by atoms with Crippen LogP contribution in [0.2, 0.25) is 5.15 Å². The Balaban J connectivity index is 2.56. The first-order valence-corrected chi connectivity index (χ1v) is 7.34. The maximum absolute atomic E-state index is 12.1. The average Bonchev–Trinajstić information content (AvgIpc) is 2.36. The van der Waals surface area contributed by atoms with E-state index in [-0.39, 0.29) is 12.1 Å². The molecular formula is C15H23ClN2O3. The Bertz CT molecular complexity index is 457. The molecule has 1 amide bonds. The number of halogens is 1. The molecule has 118 valence electrons. The van der Waals surface area contributed by atoms with Crippen molar-refractivity contribution < 1.29 is 14.3 Å². The highest BCUT2D eigenvalue weighted by Crippen LogP contribution is 2.15. The summed E-state index contributed by atoms with van der Waals surface area (Å²) in [7, 11) is 0. The minimum absolute atomic E-state index is 0.111. The van der Waals surface area contributed by atoms with Gasteiger partial charge < -0.3 is 14.4 Å². The second-order valence-electron chi connectivity index (χ2n) is 5.74. The number of carbonyl (C=O) groups is 1.